The van der Waals surface area contributed by atoms with E-state index >= 15 is 0 Å². The fraction of sp³-hybridized carbons (Fsp3) is 0.200. The van der Waals surface area contributed by atoms with E-state index in [-0.39, 0.29) is 12.7 Å². The Morgan fingerprint density at radius 1 is 1.50 bits per heavy atom. The molecule has 0 aliphatic carbocycles. The van der Waals surface area contributed by atoms with Gasteiger partial charge in [0.05, 0.1) is 11.6 Å². The fourth-order valence-electron chi connectivity index (χ4n) is 0.884. The molecular formula is C10H10N2O2. The minimum Gasteiger partial charge on any atom is -0.445 e. The molecular weight excluding hydrogens is 180 g/mol. The molecule has 0 saturated carbocycles. The summed E-state index contributed by atoms with van der Waals surface area (Å²) in [5.74, 6) is -0.328. The summed E-state index contributed by atoms with van der Waals surface area (Å²) >= 11 is 0. The maximum atomic E-state index is 10.4. The van der Waals surface area contributed by atoms with Crippen molar-refractivity contribution in [2.75, 3.05) is 12.0 Å². The van der Waals surface area contributed by atoms with Crippen LogP contribution in [0, 0.1) is 11.3 Å². The summed E-state index contributed by atoms with van der Waals surface area (Å²) in [6.45, 7) is 1.49. The van der Waals surface area contributed by atoms with Crippen molar-refractivity contribution >= 4 is 11.7 Å². The Hall–Kier alpha value is -2.02. The summed E-state index contributed by atoms with van der Waals surface area (Å²) in [6, 6.07) is 8.90. The molecule has 0 aliphatic heterocycles. The highest BCUT2D eigenvalue weighted by atomic mass is 16.5. The molecule has 72 valence electrons. The molecule has 1 aromatic rings. The van der Waals surface area contributed by atoms with E-state index in [4.69, 9.17) is 5.26 Å². The highest BCUT2D eigenvalue weighted by Crippen LogP contribution is 2.07. The van der Waals surface area contributed by atoms with Crippen molar-refractivity contribution < 1.29 is 9.53 Å². The molecule has 0 aliphatic rings. The minimum atomic E-state index is -0.328. The van der Waals surface area contributed by atoms with Crippen LogP contribution in [-0.4, -0.2) is 12.7 Å². The number of nitrogens with one attached hydrogen (secondary N) is 1. The molecule has 1 aromatic carbocycles. The smallest absolute Gasteiger partial charge is 0.304 e. The largest absolute Gasteiger partial charge is 0.445 e. The van der Waals surface area contributed by atoms with Crippen LogP contribution in [0.3, 0.4) is 0 Å². The lowest BCUT2D eigenvalue weighted by atomic mass is 10.2. The van der Waals surface area contributed by atoms with Gasteiger partial charge in [-0.2, -0.15) is 5.26 Å². The number of esters is 1. The molecule has 1 rings (SSSR count). The number of rotatable bonds is 3. The van der Waals surface area contributed by atoms with E-state index in [9.17, 15) is 4.79 Å². The summed E-state index contributed by atoms with van der Waals surface area (Å²) in [5, 5.41) is 11.4. The van der Waals surface area contributed by atoms with Crippen molar-refractivity contribution in [2.24, 2.45) is 0 Å². The van der Waals surface area contributed by atoms with Crippen molar-refractivity contribution in [3.8, 4) is 6.07 Å². The highest BCUT2D eigenvalue weighted by molar-refractivity contribution is 5.66. The second-order valence-corrected chi connectivity index (χ2v) is 2.65. The van der Waals surface area contributed by atoms with E-state index in [0.717, 1.165) is 5.69 Å². The summed E-state index contributed by atoms with van der Waals surface area (Å²) < 4.78 is 4.69. The number of nitriles is 1. The van der Waals surface area contributed by atoms with E-state index in [2.05, 4.69) is 10.1 Å². The average molecular weight is 190 g/mol. The molecule has 0 radical (unpaired) electrons. The first-order valence-electron chi connectivity index (χ1n) is 4.10. The number of carbonyl (C=O) groups is 1. The molecule has 0 aromatic heterocycles. The molecule has 4 heteroatoms. The highest BCUT2D eigenvalue weighted by Gasteiger charge is 1.94. The third-order valence-corrected chi connectivity index (χ3v) is 1.57. The topological polar surface area (TPSA) is 62.1 Å². The van der Waals surface area contributed by atoms with Crippen molar-refractivity contribution in [3.05, 3.63) is 29.8 Å². The number of anilines is 1. The number of hydrogen-bond acceptors (Lipinski definition) is 4. The van der Waals surface area contributed by atoms with Crippen molar-refractivity contribution in [2.45, 2.75) is 6.92 Å². The molecule has 0 bridgehead atoms. The maximum Gasteiger partial charge on any atom is 0.304 e. The third-order valence-electron chi connectivity index (χ3n) is 1.57. The number of ether oxygens (including phenoxy) is 1. The zero-order chi connectivity index (χ0) is 10.4. The number of carbonyl (C=O) groups excluding carboxylic acids is 1. The first-order valence-corrected chi connectivity index (χ1v) is 4.10. The lowest BCUT2D eigenvalue weighted by Crippen LogP contribution is -2.09. The van der Waals surface area contributed by atoms with E-state index < -0.39 is 0 Å². The van der Waals surface area contributed by atoms with Crippen molar-refractivity contribution in [3.63, 3.8) is 0 Å². The third kappa shape index (κ3) is 3.15. The van der Waals surface area contributed by atoms with Crippen LogP contribution in [0.5, 0.6) is 0 Å². The summed E-state index contributed by atoms with van der Waals surface area (Å²) in [6.07, 6.45) is 0. The standard InChI is InChI=1S/C10H10N2O2/c1-8(13)14-7-12-10-4-2-9(6-11)3-5-10/h2-5,12H,7H2,1H3. The second kappa shape index (κ2) is 4.87. The van der Waals surface area contributed by atoms with Gasteiger partial charge >= 0.3 is 5.97 Å². The first kappa shape index (κ1) is 10.1. The molecule has 4 nitrogen and oxygen atoms in total. The minimum absolute atomic E-state index is 0.140. The molecule has 0 heterocycles. The van der Waals surface area contributed by atoms with Crippen LogP contribution in [0.25, 0.3) is 0 Å². The monoisotopic (exact) mass is 190 g/mol. The Morgan fingerprint density at radius 2 is 2.14 bits per heavy atom. The van der Waals surface area contributed by atoms with E-state index in [1.807, 2.05) is 6.07 Å². The number of benzene rings is 1. The Kier molecular flexibility index (Phi) is 3.50. The number of nitrogens with zero attached hydrogens (tertiary/aromatic N) is 1. The van der Waals surface area contributed by atoms with Gasteiger partial charge in [-0.05, 0) is 24.3 Å². The molecule has 1 N–H and O–H groups in total. The van der Waals surface area contributed by atoms with E-state index in [1.165, 1.54) is 6.92 Å². The molecule has 0 unspecified atom stereocenters. The Morgan fingerprint density at radius 3 is 2.64 bits per heavy atom. The van der Waals surface area contributed by atoms with Crippen molar-refractivity contribution in [1.82, 2.24) is 0 Å². The van der Waals surface area contributed by atoms with Crippen LogP contribution < -0.4 is 5.32 Å². The lowest BCUT2D eigenvalue weighted by molar-refractivity contribution is -0.140. The molecule has 0 spiro atoms. The quantitative estimate of drug-likeness (QED) is 0.579. The van der Waals surface area contributed by atoms with Gasteiger partial charge in [0.2, 0.25) is 0 Å². The van der Waals surface area contributed by atoms with Crippen LogP contribution in [0.4, 0.5) is 5.69 Å². The Labute approximate surface area is 82.1 Å². The summed E-state index contributed by atoms with van der Waals surface area (Å²) in [5.41, 5.74) is 1.41. The van der Waals surface area contributed by atoms with Gasteiger partial charge in [-0.25, -0.2) is 0 Å². The van der Waals surface area contributed by atoms with Crippen LogP contribution in [0.2, 0.25) is 0 Å². The van der Waals surface area contributed by atoms with Gasteiger partial charge in [0.15, 0.2) is 6.73 Å². The van der Waals surface area contributed by atoms with Crippen LogP contribution >= 0.6 is 0 Å². The Balaban J connectivity index is 2.45. The molecule has 0 fully saturated rings. The zero-order valence-corrected chi connectivity index (χ0v) is 7.78. The fourth-order valence-corrected chi connectivity index (χ4v) is 0.884. The van der Waals surface area contributed by atoms with Gasteiger partial charge in [-0.1, -0.05) is 0 Å². The normalized spacial score (nSPS) is 8.86. The summed E-state index contributed by atoms with van der Waals surface area (Å²) in [7, 11) is 0. The van der Waals surface area contributed by atoms with Crippen LogP contribution in [0.1, 0.15) is 12.5 Å². The Bertz CT molecular complexity index is 351. The van der Waals surface area contributed by atoms with Gasteiger partial charge in [-0.3, -0.25) is 4.79 Å². The van der Waals surface area contributed by atoms with Gasteiger partial charge in [0.25, 0.3) is 0 Å². The van der Waals surface area contributed by atoms with Gasteiger partial charge in [0.1, 0.15) is 0 Å². The molecule has 14 heavy (non-hydrogen) atoms. The van der Waals surface area contributed by atoms with Crippen LogP contribution in [-0.2, 0) is 9.53 Å². The predicted octanol–water partition coefficient (Wildman–Crippen LogP) is 1.49. The van der Waals surface area contributed by atoms with Gasteiger partial charge in [0, 0.05) is 12.6 Å². The molecule has 0 saturated heterocycles. The maximum absolute atomic E-state index is 10.4. The second-order valence-electron chi connectivity index (χ2n) is 2.65. The SMILES string of the molecule is CC(=O)OCNc1ccc(C#N)cc1. The predicted molar refractivity (Wildman–Crippen MR) is 51.4 cm³/mol. The van der Waals surface area contributed by atoms with Gasteiger partial charge < -0.3 is 10.1 Å². The zero-order valence-electron chi connectivity index (χ0n) is 7.78. The van der Waals surface area contributed by atoms with E-state index in [1.54, 1.807) is 24.3 Å². The van der Waals surface area contributed by atoms with Crippen molar-refractivity contribution in [1.29, 1.82) is 5.26 Å². The van der Waals surface area contributed by atoms with Gasteiger partial charge in [-0.15, -0.1) is 0 Å². The molecule has 0 amide bonds. The lowest BCUT2D eigenvalue weighted by Gasteiger charge is -2.05. The van der Waals surface area contributed by atoms with E-state index in [0.29, 0.717) is 5.56 Å². The van der Waals surface area contributed by atoms with Crippen LogP contribution in [0.15, 0.2) is 24.3 Å². The average Bonchev–Trinajstić information content (AvgIpc) is 2.18. The number of hydrogen-bond donors (Lipinski definition) is 1. The first-order chi connectivity index (χ1) is 6.72. The summed E-state index contributed by atoms with van der Waals surface area (Å²) in [4.78, 5) is 10.4. The molecule has 0 atom stereocenters.